The van der Waals surface area contributed by atoms with Crippen molar-refractivity contribution in [2.24, 2.45) is 0 Å². The van der Waals surface area contributed by atoms with Crippen LogP contribution in [-0.4, -0.2) is 13.1 Å². The van der Waals surface area contributed by atoms with Crippen LogP contribution < -0.4 is 4.90 Å². The van der Waals surface area contributed by atoms with E-state index < -0.39 is 0 Å². The van der Waals surface area contributed by atoms with Gasteiger partial charge in [-0.05, 0) is 31.0 Å². The maximum Gasteiger partial charge on any atom is 0.125 e. The second-order valence-electron chi connectivity index (χ2n) is 5.59. The van der Waals surface area contributed by atoms with Crippen LogP contribution in [0.5, 0.6) is 0 Å². The zero-order valence-corrected chi connectivity index (χ0v) is 13.2. The van der Waals surface area contributed by atoms with Gasteiger partial charge in [0.15, 0.2) is 0 Å². The average molecular weight is 279 g/mol. The predicted molar refractivity (Wildman–Crippen MR) is 86.9 cm³/mol. The fourth-order valence-corrected chi connectivity index (χ4v) is 2.50. The number of hydrogen-bond acceptors (Lipinski definition) is 1. The second kappa shape index (κ2) is 10.7. The SMILES string of the molecule is CCCCCCN(CCCCCC)c1cccc(F)c1. The Labute approximate surface area is 124 Å². The molecule has 0 atom stereocenters. The molecule has 0 N–H and O–H groups in total. The molecule has 0 saturated heterocycles. The number of halogens is 1. The van der Waals surface area contributed by atoms with E-state index in [0.717, 1.165) is 18.8 Å². The highest BCUT2D eigenvalue weighted by molar-refractivity contribution is 5.46. The summed E-state index contributed by atoms with van der Waals surface area (Å²) in [5.41, 5.74) is 1.04. The Bertz CT molecular complexity index is 339. The van der Waals surface area contributed by atoms with Crippen LogP contribution in [0.3, 0.4) is 0 Å². The minimum absolute atomic E-state index is 0.130. The molecule has 0 unspecified atom stereocenters. The van der Waals surface area contributed by atoms with E-state index in [-0.39, 0.29) is 5.82 Å². The molecule has 0 spiro atoms. The number of unbranched alkanes of at least 4 members (excludes halogenated alkanes) is 6. The largest absolute Gasteiger partial charge is 0.371 e. The molecule has 1 aromatic rings. The summed E-state index contributed by atoms with van der Waals surface area (Å²) in [5, 5.41) is 0. The maximum absolute atomic E-state index is 13.4. The molecule has 0 aromatic heterocycles. The van der Waals surface area contributed by atoms with Gasteiger partial charge < -0.3 is 4.90 Å². The van der Waals surface area contributed by atoms with Crippen LogP contribution in [0.15, 0.2) is 24.3 Å². The van der Waals surface area contributed by atoms with Gasteiger partial charge in [-0.25, -0.2) is 4.39 Å². The average Bonchev–Trinajstić information content (AvgIpc) is 2.45. The molecule has 1 rings (SSSR count). The lowest BCUT2D eigenvalue weighted by Gasteiger charge is -2.25. The predicted octanol–water partition coefficient (Wildman–Crippen LogP) is 5.79. The minimum atomic E-state index is -0.130. The highest BCUT2D eigenvalue weighted by Crippen LogP contribution is 2.18. The molecule has 0 aliphatic carbocycles. The Morgan fingerprint density at radius 2 is 1.45 bits per heavy atom. The molecule has 0 fully saturated rings. The lowest BCUT2D eigenvalue weighted by atomic mass is 10.1. The van der Waals surface area contributed by atoms with Gasteiger partial charge in [-0.2, -0.15) is 0 Å². The molecule has 0 bridgehead atoms. The van der Waals surface area contributed by atoms with E-state index in [1.54, 1.807) is 6.07 Å². The van der Waals surface area contributed by atoms with E-state index in [1.165, 1.54) is 57.4 Å². The Hall–Kier alpha value is -1.05. The molecule has 114 valence electrons. The molecule has 0 aliphatic rings. The third-order valence-corrected chi connectivity index (χ3v) is 3.74. The van der Waals surface area contributed by atoms with Crippen LogP contribution >= 0.6 is 0 Å². The van der Waals surface area contributed by atoms with Crippen molar-refractivity contribution >= 4 is 5.69 Å². The van der Waals surface area contributed by atoms with Gasteiger partial charge in [0.2, 0.25) is 0 Å². The van der Waals surface area contributed by atoms with Gasteiger partial charge in [0.25, 0.3) is 0 Å². The van der Waals surface area contributed by atoms with Crippen molar-refractivity contribution in [2.75, 3.05) is 18.0 Å². The summed E-state index contributed by atoms with van der Waals surface area (Å²) >= 11 is 0. The fraction of sp³-hybridized carbons (Fsp3) is 0.667. The van der Waals surface area contributed by atoms with E-state index >= 15 is 0 Å². The van der Waals surface area contributed by atoms with Gasteiger partial charge >= 0.3 is 0 Å². The summed E-state index contributed by atoms with van der Waals surface area (Å²) in [4.78, 5) is 2.36. The van der Waals surface area contributed by atoms with Crippen molar-refractivity contribution in [1.29, 1.82) is 0 Å². The first-order valence-corrected chi connectivity index (χ1v) is 8.28. The van der Waals surface area contributed by atoms with E-state index in [2.05, 4.69) is 18.7 Å². The molecule has 20 heavy (non-hydrogen) atoms. The van der Waals surface area contributed by atoms with Crippen molar-refractivity contribution in [1.82, 2.24) is 0 Å². The molecule has 1 nitrogen and oxygen atoms in total. The molecule has 0 aliphatic heterocycles. The molecule has 0 heterocycles. The first-order valence-electron chi connectivity index (χ1n) is 8.28. The second-order valence-corrected chi connectivity index (χ2v) is 5.59. The third kappa shape index (κ3) is 6.93. The molecule has 0 saturated carbocycles. The Balaban J connectivity index is 2.49. The van der Waals surface area contributed by atoms with Gasteiger partial charge in [-0.15, -0.1) is 0 Å². The number of benzene rings is 1. The number of nitrogens with zero attached hydrogens (tertiary/aromatic N) is 1. The zero-order chi connectivity index (χ0) is 14.6. The van der Waals surface area contributed by atoms with Crippen molar-refractivity contribution < 1.29 is 4.39 Å². The van der Waals surface area contributed by atoms with E-state index in [4.69, 9.17) is 0 Å². The van der Waals surface area contributed by atoms with E-state index in [0.29, 0.717) is 0 Å². The van der Waals surface area contributed by atoms with E-state index in [9.17, 15) is 4.39 Å². The minimum Gasteiger partial charge on any atom is -0.371 e. The van der Waals surface area contributed by atoms with Crippen LogP contribution in [0.4, 0.5) is 10.1 Å². The van der Waals surface area contributed by atoms with Crippen molar-refractivity contribution in [3.05, 3.63) is 30.1 Å². The lowest BCUT2D eigenvalue weighted by molar-refractivity contribution is 0.603. The summed E-state index contributed by atoms with van der Waals surface area (Å²) in [7, 11) is 0. The van der Waals surface area contributed by atoms with Crippen LogP contribution in [0.1, 0.15) is 65.2 Å². The smallest absolute Gasteiger partial charge is 0.125 e. The van der Waals surface area contributed by atoms with Crippen LogP contribution in [0.2, 0.25) is 0 Å². The highest BCUT2D eigenvalue weighted by Gasteiger charge is 2.07. The molecule has 0 radical (unpaired) electrons. The highest BCUT2D eigenvalue weighted by atomic mass is 19.1. The summed E-state index contributed by atoms with van der Waals surface area (Å²) < 4.78 is 13.4. The summed E-state index contributed by atoms with van der Waals surface area (Å²) in [6.07, 6.45) is 10.1. The number of hydrogen-bond donors (Lipinski definition) is 0. The Morgan fingerprint density at radius 1 is 0.850 bits per heavy atom. The summed E-state index contributed by atoms with van der Waals surface area (Å²) in [6.45, 7) is 6.56. The molecular formula is C18H30FN. The zero-order valence-electron chi connectivity index (χ0n) is 13.2. The van der Waals surface area contributed by atoms with Gasteiger partial charge in [0.05, 0.1) is 0 Å². The first kappa shape index (κ1) is 17.0. The Kier molecular flexibility index (Phi) is 9.10. The molecule has 1 aromatic carbocycles. The maximum atomic E-state index is 13.4. The molecule has 0 amide bonds. The van der Waals surface area contributed by atoms with Crippen molar-refractivity contribution in [2.45, 2.75) is 65.2 Å². The van der Waals surface area contributed by atoms with Gasteiger partial charge in [0, 0.05) is 18.8 Å². The van der Waals surface area contributed by atoms with Crippen LogP contribution in [-0.2, 0) is 0 Å². The number of anilines is 1. The van der Waals surface area contributed by atoms with Gasteiger partial charge in [-0.3, -0.25) is 0 Å². The van der Waals surface area contributed by atoms with Gasteiger partial charge in [-0.1, -0.05) is 58.4 Å². The molecular weight excluding hydrogens is 249 g/mol. The van der Waals surface area contributed by atoms with Gasteiger partial charge in [0.1, 0.15) is 5.82 Å². The first-order chi connectivity index (χ1) is 9.77. The Morgan fingerprint density at radius 3 is 1.95 bits per heavy atom. The normalized spacial score (nSPS) is 10.8. The topological polar surface area (TPSA) is 3.24 Å². The van der Waals surface area contributed by atoms with Crippen molar-refractivity contribution in [3.63, 3.8) is 0 Å². The monoisotopic (exact) mass is 279 g/mol. The third-order valence-electron chi connectivity index (χ3n) is 3.74. The number of rotatable bonds is 11. The quantitative estimate of drug-likeness (QED) is 0.463. The summed E-state index contributed by atoms with van der Waals surface area (Å²) in [6, 6.07) is 7.04. The van der Waals surface area contributed by atoms with Crippen LogP contribution in [0, 0.1) is 5.82 Å². The lowest BCUT2D eigenvalue weighted by Crippen LogP contribution is -2.25. The fourth-order valence-electron chi connectivity index (χ4n) is 2.50. The summed E-state index contributed by atoms with van der Waals surface area (Å²) in [5.74, 6) is -0.130. The van der Waals surface area contributed by atoms with E-state index in [1.807, 2.05) is 12.1 Å². The standard InChI is InChI=1S/C18H30FN/c1-3-5-7-9-14-20(15-10-8-6-4-2)18-13-11-12-17(19)16-18/h11-13,16H,3-10,14-15H2,1-2H3. The van der Waals surface area contributed by atoms with Crippen LogP contribution in [0.25, 0.3) is 0 Å². The van der Waals surface area contributed by atoms with Crippen molar-refractivity contribution in [3.8, 4) is 0 Å². The molecule has 2 heteroatoms.